The van der Waals surface area contributed by atoms with Crippen molar-refractivity contribution in [3.8, 4) is 5.75 Å². The van der Waals surface area contributed by atoms with Crippen LogP contribution in [0, 0.1) is 5.82 Å². The van der Waals surface area contributed by atoms with Gasteiger partial charge in [0, 0.05) is 15.8 Å². The molecule has 98 valence electrons. The van der Waals surface area contributed by atoms with Gasteiger partial charge in [-0.2, -0.15) is 0 Å². The van der Waals surface area contributed by atoms with Gasteiger partial charge < -0.3 is 16.2 Å². The summed E-state index contributed by atoms with van der Waals surface area (Å²) in [5.41, 5.74) is 6.46. The molecule has 6 heteroatoms. The summed E-state index contributed by atoms with van der Waals surface area (Å²) in [5, 5.41) is 12.1. The molecular weight excluding hydrogens is 315 g/mol. The molecular formula is C13H10BrFN2O2. The number of anilines is 2. The molecule has 0 spiro atoms. The fourth-order valence-electron chi connectivity index (χ4n) is 1.51. The van der Waals surface area contributed by atoms with Crippen molar-refractivity contribution in [2.75, 3.05) is 11.1 Å². The van der Waals surface area contributed by atoms with Crippen molar-refractivity contribution < 1.29 is 14.3 Å². The number of carbonyl (C=O) groups is 1. The molecule has 0 saturated heterocycles. The number of rotatable bonds is 2. The summed E-state index contributed by atoms with van der Waals surface area (Å²) in [7, 11) is 0. The molecule has 0 aromatic heterocycles. The molecule has 2 rings (SSSR count). The zero-order valence-corrected chi connectivity index (χ0v) is 11.2. The first kappa shape index (κ1) is 13.4. The first-order valence-corrected chi connectivity index (χ1v) is 6.11. The maximum absolute atomic E-state index is 13.0. The maximum Gasteiger partial charge on any atom is 0.259 e. The van der Waals surface area contributed by atoms with Crippen LogP contribution in [0.4, 0.5) is 15.8 Å². The maximum atomic E-state index is 13.0. The molecule has 1 amide bonds. The Kier molecular flexibility index (Phi) is 3.71. The van der Waals surface area contributed by atoms with Gasteiger partial charge in [-0.3, -0.25) is 4.79 Å². The Balaban J connectivity index is 2.25. The van der Waals surface area contributed by atoms with Crippen LogP contribution in [0.15, 0.2) is 40.9 Å². The number of amides is 1. The number of nitrogens with one attached hydrogen (secondary N) is 1. The number of aromatic hydroxyl groups is 1. The second kappa shape index (κ2) is 5.27. The first-order chi connectivity index (χ1) is 8.97. The normalized spacial score (nSPS) is 10.2. The summed E-state index contributed by atoms with van der Waals surface area (Å²) >= 11 is 3.23. The van der Waals surface area contributed by atoms with Gasteiger partial charge in [-0.1, -0.05) is 0 Å². The van der Waals surface area contributed by atoms with Gasteiger partial charge >= 0.3 is 0 Å². The van der Waals surface area contributed by atoms with E-state index < -0.39 is 11.7 Å². The van der Waals surface area contributed by atoms with Crippen LogP contribution in [-0.4, -0.2) is 11.0 Å². The summed E-state index contributed by atoms with van der Waals surface area (Å²) in [6, 6.07) is 8.03. The third kappa shape index (κ3) is 3.03. The fourth-order valence-corrected chi connectivity index (χ4v) is 1.76. The SMILES string of the molecule is Nc1cc(NC(=O)c2cc(F)ccc2O)ccc1Br. The number of nitrogen functional groups attached to an aromatic ring is 1. The van der Waals surface area contributed by atoms with Gasteiger partial charge in [-0.15, -0.1) is 0 Å². The predicted octanol–water partition coefficient (Wildman–Crippen LogP) is 3.13. The van der Waals surface area contributed by atoms with Crippen molar-refractivity contribution in [2.45, 2.75) is 0 Å². The lowest BCUT2D eigenvalue weighted by Gasteiger charge is -2.08. The second-order valence-corrected chi connectivity index (χ2v) is 4.71. The molecule has 0 atom stereocenters. The van der Waals surface area contributed by atoms with Crippen LogP contribution in [0.2, 0.25) is 0 Å². The molecule has 0 radical (unpaired) electrons. The summed E-state index contributed by atoms with van der Waals surface area (Å²) in [5.74, 6) is -1.50. The number of benzene rings is 2. The van der Waals surface area contributed by atoms with Gasteiger partial charge in [0.25, 0.3) is 5.91 Å². The molecule has 0 aliphatic rings. The number of phenols is 1. The topological polar surface area (TPSA) is 75.3 Å². The molecule has 0 bridgehead atoms. The molecule has 2 aromatic carbocycles. The third-order valence-corrected chi connectivity index (χ3v) is 3.18. The minimum Gasteiger partial charge on any atom is -0.507 e. The van der Waals surface area contributed by atoms with Crippen molar-refractivity contribution in [1.29, 1.82) is 0 Å². The van der Waals surface area contributed by atoms with Gasteiger partial charge in [-0.05, 0) is 52.3 Å². The lowest BCUT2D eigenvalue weighted by atomic mass is 10.1. The smallest absolute Gasteiger partial charge is 0.259 e. The molecule has 0 aliphatic carbocycles. The Bertz CT molecular complexity index is 647. The zero-order chi connectivity index (χ0) is 14.0. The van der Waals surface area contributed by atoms with Crippen molar-refractivity contribution in [1.82, 2.24) is 0 Å². The Morgan fingerprint density at radius 3 is 2.68 bits per heavy atom. The standard InChI is InChI=1S/C13H10BrFN2O2/c14-10-3-2-8(6-11(10)16)17-13(19)9-5-7(15)1-4-12(9)18/h1-6,18H,16H2,(H,17,19). The highest BCUT2D eigenvalue weighted by Crippen LogP contribution is 2.24. The highest BCUT2D eigenvalue weighted by Gasteiger charge is 2.12. The van der Waals surface area contributed by atoms with Crippen molar-refractivity contribution in [3.63, 3.8) is 0 Å². The van der Waals surface area contributed by atoms with E-state index in [1.165, 1.54) is 0 Å². The first-order valence-electron chi connectivity index (χ1n) is 5.32. The predicted molar refractivity (Wildman–Crippen MR) is 74.6 cm³/mol. The summed E-state index contributed by atoms with van der Waals surface area (Å²) in [6.07, 6.45) is 0. The highest BCUT2D eigenvalue weighted by molar-refractivity contribution is 9.10. The van der Waals surface area contributed by atoms with E-state index in [1.54, 1.807) is 18.2 Å². The van der Waals surface area contributed by atoms with Crippen LogP contribution in [0.25, 0.3) is 0 Å². The van der Waals surface area contributed by atoms with Crippen LogP contribution < -0.4 is 11.1 Å². The van der Waals surface area contributed by atoms with Gasteiger partial charge in [-0.25, -0.2) is 4.39 Å². The molecule has 0 aliphatic heterocycles. The monoisotopic (exact) mass is 324 g/mol. The molecule has 19 heavy (non-hydrogen) atoms. The molecule has 4 nitrogen and oxygen atoms in total. The van der Waals surface area contributed by atoms with Gasteiger partial charge in [0.1, 0.15) is 11.6 Å². The van der Waals surface area contributed by atoms with Crippen LogP contribution in [-0.2, 0) is 0 Å². The summed E-state index contributed by atoms with van der Waals surface area (Å²) in [4.78, 5) is 11.9. The average molecular weight is 325 g/mol. The van der Waals surface area contributed by atoms with E-state index in [2.05, 4.69) is 21.2 Å². The van der Waals surface area contributed by atoms with Crippen LogP contribution in [0.1, 0.15) is 10.4 Å². The van der Waals surface area contributed by atoms with E-state index in [0.29, 0.717) is 15.8 Å². The van der Waals surface area contributed by atoms with E-state index in [-0.39, 0.29) is 11.3 Å². The third-order valence-electron chi connectivity index (χ3n) is 2.46. The van der Waals surface area contributed by atoms with Crippen LogP contribution in [0.5, 0.6) is 5.75 Å². The Morgan fingerprint density at radius 2 is 2.00 bits per heavy atom. The van der Waals surface area contributed by atoms with Crippen LogP contribution >= 0.6 is 15.9 Å². The molecule has 0 fully saturated rings. The quantitative estimate of drug-likeness (QED) is 0.743. The zero-order valence-electron chi connectivity index (χ0n) is 9.65. The molecule has 0 heterocycles. The Hall–Kier alpha value is -2.08. The summed E-state index contributed by atoms with van der Waals surface area (Å²) < 4.78 is 13.8. The van der Waals surface area contributed by atoms with E-state index in [4.69, 9.17) is 5.73 Å². The Morgan fingerprint density at radius 1 is 1.26 bits per heavy atom. The van der Waals surface area contributed by atoms with Crippen molar-refractivity contribution >= 4 is 33.2 Å². The second-order valence-electron chi connectivity index (χ2n) is 3.85. The van der Waals surface area contributed by atoms with Crippen molar-refractivity contribution in [3.05, 3.63) is 52.3 Å². The minimum absolute atomic E-state index is 0.138. The van der Waals surface area contributed by atoms with Gasteiger partial charge in [0.2, 0.25) is 0 Å². The number of hydrogen-bond donors (Lipinski definition) is 3. The highest BCUT2D eigenvalue weighted by atomic mass is 79.9. The number of carbonyl (C=O) groups excluding carboxylic acids is 1. The molecule has 4 N–H and O–H groups in total. The largest absolute Gasteiger partial charge is 0.507 e. The number of phenolic OH excluding ortho intramolecular Hbond substituents is 1. The lowest BCUT2D eigenvalue weighted by Crippen LogP contribution is -2.12. The van der Waals surface area contributed by atoms with E-state index in [0.717, 1.165) is 18.2 Å². The minimum atomic E-state index is -0.612. The lowest BCUT2D eigenvalue weighted by molar-refractivity contribution is 0.102. The molecule has 0 saturated carbocycles. The molecule has 2 aromatic rings. The van der Waals surface area contributed by atoms with Gasteiger partial charge in [0.05, 0.1) is 5.56 Å². The van der Waals surface area contributed by atoms with Crippen molar-refractivity contribution in [2.24, 2.45) is 0 Å². The fraction of sp³-hybridized carbons (Fsp3) is 0. The van der Waals surface area contributed by atoms with E-state index >= 15 is 0 Å². The van der Waals surface area contributed by atoms with Crippen LogP contribution in [0.3, 0.4) is 0 Å². The average Bonchev–Trinajstić information content (AvgIpc) is 2.36. The Labute approximate surface area is 117 Å². The van der Waals surface area contributed by atoms with E-state index in [9.17, 15) is 14.3 Å². The number of nitrogens with two attached hydrogens (primary N) is 1. The van der Waals surface area contributed by atoms with E-state index in [1.807, 2.05) is 0 Å². The number of halogens is 2. The number of hydrogen-bond acceptors (Lipinski definition) is 3. The molecule has 0 unspecified atom stereocenters. The van der Waals surface area contributed by atoms with Gasteiger partial charge in [0.15, 0.2) is 0 Å². The summed E-state index contributed by atoms with van der Waals surface area (Å²) in [6.45, 7) is 0.